The summed E-state index contributed by atoms with van der Waals surface area (Å²) in [5.74, 6) is 0.132. The van der Waals surface area contributed by atoms with Crippen molar-refractivity contribution < 1.29 is 14.3 Å². The zero-order chi connectivity index (χ0) is 26.0. The van der Waals surface area contributed by atoms with Crippen molar-refractivity contribution in [2.45, 2.75) is 26.8 Å². The molecule has 2 heterocycles. The second kappa shape index (κ2) is 11.1. The number of halogens is 2. The molecule has 36 heavy (non-hydrogen) atoms. The highest BCUT2D eigenvalue weighted by Crippen LogP contribution is 2.32. The van der Waals surface area contributed by atoms with Gasteiger partial charge >= 0.3 is 5.97 Å². The third kappa shape index (κ3) is 5.21. The second-order valence-electron chi connectivity index (χ2n) is 8.12. The van der Waals surface area contributed by atoms with Crippen molar-refractivity contribution in [1.29, 1.82) is 0 Å². The van der Waals surface area contributed by atoms with Gasteiger partial charge in [0.2, 0.25) is 0 Å². The van der Waals surface area contributed by atoms with Crippen LogP contribution in [-0.4, -0.2) is 23.8 Å². The monoisotopic (exact) mass is 634 g/mol. The van der Waals surface area contributed by atoms with Crippen LogP contribution in [0.1, 0.15) is 36.6 Å². The molecule has 1 aromatic heterocycles. The highest BCUT2D eigenvalue weighted by Gasteiger charge is 2.33. The van der Waals surface area contributed by atoms with Gasteiger partial charge in [-0.3, -0.25) is 9.36 Å². The molecular weight excluding hydrogens is 611 g/mol. The SMILES string of the molecule is C=CCOc1c(I)cc(Cl)cc1/C=c1\sc2n(c1=O)[C@H](c1ccc(C)cc1)C(C(=O)OCC)=C(C)N=2. The second-order valence-corrected chi connectivity index (χ2v) is 10.7. The van der Waals surface area contributed by atoms with Crippen LogP contribution in [0.5, 0.6) is 5.75 Å². The smallest absolute Gasteiger partial charge is 0.338 e. The summed E-state index contributed by atoms with van der Waals surface area (Å²) in [6, 6.07) is 10.7. The lowest BCUT2D eigenvalue weighted by Crippen LogP contribution is -2.39. The minimum atomic E-state index is -0.654. The Bertz CT molecular complexity index is 1550. The van der Waals surface area contributed by atoms with Crippen molar-refractivity contribution in [3.8, 4) is 5.75 Å². The third-order valence-electron chi connectivity index (χ3n) is 5.58. The Morgan fingerprint density at radius 1 is 1.28 bits per heavy atom. The van der Waals surface area contributed by atoms with Crippen LogP contribution < -0.4 is 19.6 Å². The van der Waals surface area contributed by atoms with E-state index in [1.807, 2.05) is 31.2 Å². The minimum absolute atomic E-state index is 0.224. The van der Waals surface area contributed by atoms with E-state index in [1.54, 1.807) is 42.7 Å². The average molecular weight is 635 g/mol. The van der Waals surface area contributed by atoms with E-state index < -0.39 is 12.0 Å². The molecule has 1 aliphatic heterocycles. The molecule has 0 radical (unpaired) electrons. The molecule has 0 unspecified atom stereocenters. The topological polar surface area (TPSA) is 69.9 Å². The number of carbonyl (C=O) groups is 1. The van der Waals surface area contributed by atoms with Crippen LogP contribution in [0.2, 0.25) is 5.02 Å². The normalized spacial score (nSPS) is 15.4. The number of aromatic nitrogens is 1. The van der Waals surface area contributed by atoms with Gasteiger partial charge in [0.15, 0.2) is 4.80 Å². The van der Waals surface area contributed by atoms with Gasteiger partial charge in [-0.1, -0.05) is 65.4 Å². The Kier molecular flexibility index (Phi) is 8.17. The highest BCUT2D eigenvalue weighted by molar-refractivity contribution is 14.1. The molecular formula is C27H24ClIN2O4S. The fourth-order valence-corrected chi connectivity index (χ4v) is 6.23. The molecule has 1 atom stereocenters. The standard InChI is InChI=1S/C27H24ClIN2O4S/c1-5-11-35-24-18(12-19(28)14-20(24)29)13-21-25(32)31-23(17-9-7-15(3)8-10-17)22(26(33)34-6-2)16(4)30-27(31)36-21/h5,7-10,12-14,23H,1,6,11H2,2-4H3/b21-13-/t23-/m1/s1. The molecule has 2 aromatic carbocycles. The molecule has 0 aliphatic carbocycles. The predicted octanol–water partition coefficient (Wildman–Crippen LogP) is 4.93. The van der Waals surface area contributed by atoms with E-state index in [1.165, 1.54) is 11.3 Å². The first-order valence-corrected chi connectivity index (χ1v) is 13.5. The fraction of sp³-hybridized carbons (Fsp3) is 0.222. The number of fused-ring (bicyclic) bond motifs is 1. The maximum Gasteiger partial charge on any atom is 0.338 e. The highest BCUT2D eigenvalue weighted by atomic mass is 127. The zero-order valence-electron chi connectivity index (χ0n) is 20.0. The first-order valence-electron chi connectivity index (χ1n) is 11.2. The van der Waals surface area contributed by atoms with Gasteiger partial charge < -0.3 is 9.47 Å². The molecule has 0 amide bonds. The van der Waals surface area contributed by atoms with Crippen molar-refractivity contribution >= 4 is 57.6 Å². The van der Waals surface area contributed by atoms with Crippen LogP contribution in [0.3, 0.4) is 0 Å². The van der Waals surface area contributed by atoms with Crippen molar-refractivity contribution in [2.24, 2.45) is 4.99 Å². The summed E-state index contributed by atoms with van der Waals surface area (Å²) >= 11 is 9.73. The summed E-state index contributed by atoms with van der Waals surface area (Å²) in [4.78, 5) is 31.9. The molecule has 4 rings (SSSR count). The molecule has 9 heteroatoms. The number of carbonyl (C=O) groups excluding carboxylic acids is 1. The Balaban J connectivity index is 1.96. The molecule has 1 aliphatic rings. The van der Waals surface area contributed by atoms with Crippen LogP contribution in [-0.2, 0) is 9.53 Å². The van der Waals surface area contributed by atoms with Gasteiger partial charge in [-0.15, -0.1) is 0 Å². The molecule has 186 valence electrons. The van der Waals surface area contributed by atoms with Gasteiger partial charge in [0.1, 0.15) is 12.4 Å². The van der Waals surface area contributed by atoms with Gasteiger partial charge in [0, 0.05) is 10.6 Å². The Labute approximate surface area is 231 Å². The Morgan fingerprint density at radius 2 is 2.00 bits per heavy atom. The number of thiazole rings is 1. The summed E-state index contributed by atoms with van der Waals surface area (Å²) in [6.07, 6.45) is 3.41. The number of nitrogens with zero attached hydrogens (tertiary/aromatic N) is 2. The van der Waals surface area contributed by atoms with E-state index in [9.17, 15) is 9.59 Å². The van der Waals surface area contributed by atoms with Gasteiger partial charge in [-0.05, 0) is 67.1 Å². The average Bonchev–Trinajstić information content (AvgIpc) is 3.12. The van der Waals surface area contributed by atoms with Crippen molar-refractivity contribution in [1.82, 2.24) is 4.57 Å². The summed E-state index contributed by atoms with van der Waals surface area (Å²) < 4.78 is 14.1. The lowest BCUT2D eigenvalue weighted by atomic mass is 9.95. The molecule has 0 fully saturated rings. The van der Waals surface area contributed by atoms with E-state index in [4.69, 9.17) is 21.1 Å². The summed E-state index contributed by atoms with van der Waals surface area (Å²) in [7, 11) is 0. The number of allylic oxidation sites excluding steroid dienone is 1. The van der Waals surface area contributed by atoms with Gasteiger partial charge in [0.05, 0.1) is 32.0 Å². The quantitative estimate of drug-likeness (QED) is 0.210. The molecule has 6 nitrogen and oxygen atoms in total. The first kappa shape index (κ1) is 26.4. The molecule has 0 saturated heterocycles. The summed E-state index contributed by atoms with van der Waals surface area (Å²) in [5.41, 5.74) is 3.17. The van der Waals surface area contributed by atoms with Gasteiger partial charge in [0.25, 0.3) is 5.56 Å². The van der Waals surface area contributed by atoms with E-state index in [-0.39, 0.29) is 12.2 Å². The number of ether oxygens (including phenoxy) is 2. The van der Waals surface area contributed by atoms with Crippen LogP contribution in [0.15, 0.2) is 70.1 Å². The summed E-state index contributed by atoms with van der Waals surface area (Å²) in [6.45, 7) is 9.76. The number of benzene rings is 2. The number of hydrogen-bond acceptors (Lipinski definition) is 6. The molecule has 0 N–H and O–H groups in total. The summed E-state index contributed by atoms with van der Waals surface area (Å²) in [5, 5.41) is 0.530. The number of esters is 1. The van der Waals surface area contributed by atoms with E-state index in [0.29, 0.717) is 43.5 Å². The zero-order valence-corrected chi connectivity index (χ0v) is 23.7. The van der Waals surface area contributed by atoms with E-state index in [0.717, 1.165) is 14.7 Å². The number of aryl methyl sites for hydroxylation is 1. The molecule has 0 bridgehead atoms. The lowest BCUT2D eigenvalue weighted by molar-refractivity contribution is -0.139. The Hall–Kier alpha value is -2.69. The van der Waals surface area contributed by atoms with E-state index in [2.05, 4.69) is 34.2 Å². The third-order valence-corrected chi connectivity index (χ3v) is 7.58. The Morgan fingerprint density at radius 3 is 2.67 bits per heavy atom. The fourth-order valence-electron chi connectivity index (χ4n) is 3.98. The van der Waals surface area contributed by atoms with Crippen LogP contribution in [0.25, 0.3) is 6.08 Å². The van der Waals surface area contributed by atoms with Crippen molar-refractivity contribution in [3.05, 3.63) is 105 Å². The van der Waals surface area contributed by atoms with Crippen molar-refractivity contribution in [3.63, 3.8) is 0 Å². The van der Waals surface area contributed by atoms with Gasteiger partial charge in [-0.25, -0.2) is 9.79 Å². The van der Waals surface area contributed by atoms with Crippen LogP contribution in [0, 0.1) is 10.5 Å². The largest absolute Gasteiger partial charge is 0.488 e. The minimum Gasteiger partial charge on any atom is -0.488 e. The van der Waals surface area contributed by atoms with Crippen molar-refractivity contribution in [2.75, 3.05) is 13.2 Å². The maximum atomic E-state index is 13.8. The lowest BCUT2D eigenvalue weighted by Gasteiger charge is -2.24. The predicted molar refractivity (Wildman–Crippen MR) is 151 cm³/mol. The first-order chi connectivity index (χ1) is 17.2. The van der Waals surface area contributed by atoms with Crippen LogP contribution >= 0.6 is 45.5 Å². The van der Waals surface area contributed by atoms with Crippen LogP contribution in [0.4, 0.5) is 0 Å². The molecule has 0 spiro atoms. The number of hydrogen-bond donors (Lipinski definition) is 0. The molecule has 3 aromatic rings. The maximum absolute atomic E-state index is 13.8. The van der Waals surface area contributed by atoms with E-state index >= 15 is 0 Å². The molecule has 0 saturated carbocycles. The van der Waals surface area contributed by atoms with Gasteiger partial charge in [-0.2, -0.15) is 0 Å². The number of rotatable bonds is 7.